The summed E-state index contributed by atoms with van der Waals surface area (Å²) in [4.78, 5) is 4.09. The first-order valence-corrected chi connectivity index (χ1v) is 6.11. The molecule has 0 amide bonds. The Morgan fingerprint density at radius 2 is 2.17 bits per heavy atom. The molecule has 0 saturated carbocycles. The lowest BCUT2D eigenvalue weighted by Crippen LogP contribution is -1.93. The second kappa shape index (κ2) is 4.65. The molecule has 0 radical (unpaired) electrons. The molecule has 1 heterocycles. The lowest BCUT2D eigenvalue weighted by Gasteiger charge is -1.99. The van der Waals surface area contributed by atoms with Crippen molar-refractivity contribution in [3.05, 3.63) is 13.9 Å². The summed E-state index contributed by atoms with van der Waals surface area (Å²) in [5.74, 6) is 0.552. The number of aromatic nitrogens is 2. The maximum absolute atomic E-state index is 8.35. The van der Waals surface area contributed by atoms with Crippen LogP contribution in [0.5, 0.6) is 0 Å². The van der Waals surface area contributed by atoms with Crippen LogP contribution in [0.25, 0.3) is 0 Å². The van der Waals surface area contributed by atoms with E-state index in [-0.39, 0.29) is 0 Å². The van der Waals surface area contributed by atoms with Gasteiger partial charge in [0.1, 0.15) is 14.6 Å². The van der Waals surface area contributed by atoms with E-state index >= 15 is 0 Å². The molecule has 0 N–H and O–H groups in total. The normalized spacial score (nSPS) is 9.83. The topological polar surface area (TPSA) is 41.6 Å². The first-order chi connectivity index (χ1) is 5.66. The predicted molar refractivity (Wildman–Crippen MR) is 58.5 cm³/mol. The Hall–Kier alpha value is 0.490. The van der Waals surface area contributed by atoms with Crippen LogP contribution >= 0.6 is 59.6 Å². The zero-order valence-electron chi connectivity index (χ0n) is 5.59. The second-order valence-corrected chi connectivity index (χ2v) is 4.70. The lowest BCUT2D eigenvalue weighted by molar-refractivity contribution is 0.841. The highest BCUT2D eigenvalue weighted by atomic mass is 79.9. The molecule has 0 aromatic carbocycles. The third kappa shape index (κ3) is 2.25. The summed E-state index contributed by atoms with van der Waals surface area (Å²) in [5.41, 5.74) is 0. The number of thioether (sulfide) groups is 1. The minimum absolute atomic E-state index is 0.552. The average molecular weight is 376 g/mol. The second-order valence-electron chi connectivity index (χ2n) is 1.76. The van der Waals surface area contributed by atoms with Crippen molar-refractivity contribution in [2.24, 2.45) is 0 Å². The summed E-state index contributed by atoms with van der Waals surface area (Å²) in [6, 6.07) is 0. The maximum Gasteiger partial charge on any atom is 0.179 e. The van der Waals surface area contributed by atoms with E-state index in [2.05, 4.69) is 52.8 Å². The van der Waals surface area contributed by atoms with Gasteiger partial charge in [-0.05, 0) is 59.6 Å². The van der Waals surface area contributed by atoms with E-state index in [4.69, 9.17) is 5.26 Å². The van der Waals surface area contributed by atoms with Crippen LogP contribution < -0.4 is 0 Å². The minimum Gasteiger partial charge on any atom is -0.301 e. The van der Waals surface area contributed by atoms with Gasteiger partial charge >= 0.3 is 0 Å². The summed E-state index contributed by atoms with van der Waals surface area (Å²) in [7, 11) is 0. The minimum atomic E-state index is 0.552. The molecule has 0 aliphatic carbocycles. The lowest BCUT2D eigenvalue weighted by atomic mass is 10.9. The molecule has 0 aliphatic heterocycles. The molecule has 0 unspecified atom stereocenters. The summed E-state index contributed by atoms with van der Waals surface area (Å²) in [6.45, 7) is 0. The molecule has 3 nitrogen and oxygen atoms in total. The number of hydrogen-bond acceptors (Lipinski definition) is 3. The highest BCUT2D eigenvalue weighted by Crippen LogP contribution is 2.28. The van der Waals surface area contributed by atoms with Crippen molar-refractivity contribution in [1.82, 2.24) is 9.55 Å². The summed E-state index contributed by atoms with van der Waals surface area (Å²) < 4.78 is 4.09. The fourth-order valence-electron chi connectivity index (χ4n) is 0.583. The van der Waals surface area contributed by atoms with Gasteiger partial charge in [-0.25, -0.2) is 4.98 Å². The van der Waals surface area contributed by atoms with Crippen LogP contribution in [-0.4, -0.2) is 9.55 Å². The summed E-state index contributed by atoms with van der Waals surface area (Å²) in [5, 5.41) is 10.3. The van der Waals surface area contributed by atoms with Gasteiger partial charge in [-0.2, -0.15) is 5.26 Å². The quantitative estimate of drug-likeness (QED) is 0.744. The highest BCUT2D eigenvalue weighted by Gasteiger charge is 2.10. The Morgan fingerprint density at radius 3 is 2.58 bits per heavy atom. The van der Waals surface area contributed by atoms with Gasteiger partial charge in [0.2, 0.25) is 0 Å². The Kier molecular flexibility index (Phi) is 4.10. The zero-order chi connectivity index (χ0) is 9.14. The molecule has 0 atom stereocenters. The summed E-state index contributed by atoms with van der Waals surface area (Å²) >= 11 is 11.0. The first kappa shape index (κ1) is 10.6. The van der Waals surface area contributed by atoms with Crippen molar-refractivity contribution < 1.29 is 0 Å². The van der Waals surface area contributed by atoms with Crippen LogP contribution in [0.15, 0.2) is 13.9 Å². The Balaban J connectivity index is 2.91. The van der Waals surface area contributed by atoms with Crippen molar-refractivity contribution in [1.29, 1.82) is 5.26 Å². The molecule has 0 fully saturated rings. The number of rotatable bonds is 2. The molecular formula is C5H2Br3N3S. The van der Waals surface area contributed by atoms with Gasteiger partial charge < -0.3 is 4.57 Å². The molecule has 12 heavy (non-hydrogen) atoms. The molecule has 1 rings (SSSR count). The Morgan fingerprint density at radius 1 is 1.50 bits per heavy atom. The molecule has 7 heteroatoms. The Labute approximate surface area is 98.9 Å². The van der Waals surface area contributed by atoms with Crippen molar-refractivity contribution >= 4 is 59.6 Å². The molecule has 1 aromatic heterocycles. The van der Waals surface area contributed by atoms with Gasteiger partial charge in [0, 0.05) is 0 Å². The number of nitrogens with zero attached hydrogens (tertiary/aromatic N) is 3. The standard InChI is InChI=1S/C5H2Br3N3S/c6-3-4(7)11(2-12-1-9)5(8)10-3/h2H2. The van der Waals surface area contributed by atoms with Gasteiger partial charge in [0.05, 0.1) is 5.88 Å². The van der Waals surface area contributed by atoms with Crippen molar-refractivity contribution in [3.63, 3.8) is 0 Å². The van der Waals surface area contributed by atoms with Crippen molar-refractivity contribution in [2.45, 2.75) is 5.88 Å². The third-order valence-electron chi connectivity index (χ3n) is 1.08. The molecule has 0 saturated heterocycles. The number of halogens is 3. The van der Waals surface area contributed by atoms with E-state index in [0.717, 1.165) is 21.0 Å². The fraction of sp³-hybridized carbons (Fsp3) is 0.200. The van der Waals surface area contributed by atoms with Gasteiger partial charge in [0.15, 0.2) is 4.73 Å². The molecule has 0 aliphatic rings. The van der Waals surface area contributed by atoms with Crippen LogP contribution in [0.3, 0.4) is 0 Å². The number of hydrogen-bond donors (Lipinski definition) is 0. The van der Waals surface area contributed by atoms with Gasteiger partial charge in [0.25, 0.3) is 0 Å². The van der Waals surface area contributed by atoms with Crippen LogP contribution in [0.4, 0.5) is 0 Å². The van der Waals surface area contributed by atoms with Gasteiger partial charge in [-0.1, -0.05) is 0 Å². The van der Waals surface area contributed by atoms with Gasteiger partial charge in [-0.3, -0.25) is 0 Å². The van der Waals surface area contributed by atoms with Crippen molar-refractivity contribution in [2.75, 3.05) is 0 Å². The molecule has 0 bridgehead atoms. The van der Waals surface area contributed by atoms with E-state index < -0.39 is 0 Å². The van der Waals surface area contributed by atoms with E-state index in [9.17, 15) is 0 Å². The fourth-order valence-corrected chi connectivity index (χ4v) is 3.07. The van der Waals surface area contributed by atoms with Crippen LogP contribution in [0.1, 0.15) is 0 Å². The van der Waals surface area contributed by atoms with Crippen LogP contribution in [-0.2, 0) is 5.88 Å². The van der Waals surface area contributed by atoms with E-state index in [0.29, 0.717) is 10.6 Å². The maximum atomic E-state index is 8.35. The van der Waals surface area contributed by atoms with Crippen LogP contribution in [0, 0.1) is 10.7 Å². The highest BCUT2D eigenvalue weighted by molar-refractivity contribution is 9.13. The third-order valence-corrected chi connectivity index (χ3v) is 4.09. The largest absolute Gasteiger partial charge is 0.301 e. The number of imidazole rings is 1. The SMILES string of the molecule is N#CSCn1c(Br)nc(Br)c1Br. The van der Waals surface area contributed by atoms with Crippen molar-refractivity contribution in [3.8, 4) is 5.40 Å². The van der Waals surface area contributed by atoms with E-state index in [1.54, 1.807) is 0 Å². The molecule has 0 spiro atoms. The number of nitriles is 1. The zero-order valence-corrected chi connectivity index (χ0v) is 11.2. The summed E-state index contributed by atoms with van der Waals surface area (Å²) in [6.07, 6.45) is 0. The molecule has 1 aromatic rings. The molecular weight excluding hydrogens is 374 g/mol. The number of thiocyanates is 1. The van der Waals surface area contributed by atoms with Crippen LogP contribution in [0.2, 0.25) is 0 Å². The van der Waals surface area contributed by atoms with E-state index in [1.165, 1.54) is 0 Å². The monoisotopic (exact) mass is 373 g/mol. The van der Waals surface area contributed by atoms with E-state index in [1.807, 2.05) is 9.97 Å². The smallest absolute Gasteiger partial charge is 0.179 e. The predicted octanol–water partition coefficient (Wildman–Crippen LogP) is 3.34. The Bertz CT molecular complexity index is 329. The average Bonchev–Trinajstić information content (AvgIpc) is 2.25. The molecule has 64 valence electrons. The first-order valence-electron chi connectivity index (χ1n) is 2.74. The van der Waals surface area contributed by atoms with Gasteiger partial charge in [-0.15, -0.1) is 0 Å².